The quantitative estimate of drug-likeness (QED) is 0.811. The highest BCUT2D eigenvalue weighted by molar-refractivity contribution is 7.87. The second kappa shape index (κ2) is 6.74. The summed E-state index contributed by atoms with van der Waals surface area (Å²) in [6, 6.07) is 0. The minimum Gasteiger partial charge on any atom is -0.202 e. The van der Waals surface area contributed by atoms with Crippen molar-refractivity contribution in [1.29, 1.82) is 0 Å². The fourth-order valence-electron chi connectivity index (χ4n) is 3.00. The van der Waals surface area contributed by atoms with Gasteiger partial charge in [-0.2, -0.15) is 12.7 Å². The molecule has 4 nitrogen and oxygen atoms in total. The molecule has 2 fully saturated rings. The fraction of sp³-hybridized carbons (Fsp3) is 1.00. The number of nitrogens with one attached hydrogen (secondary N) is 1. The van der Waals surface area contributed by atoms with E-state index in [0.29, 0.717) is 31.5 Å². The molecule has 1 aliphatic carbocycles. The topological polar surface area (TPSA) is 49.4 Å². The van der Waals surface area contributed by atoms with Crippen LogP contribution in [0.3, 0.4) is 0 Å². The highest BCUT2D eigenvalue weighted by Gasteiger charge is 2.28. The van der Waals surface area contributed by atoms with Gasteiger partial charge in [0, 0.05) is 25.0 Å². The Hall–Kier alpha value is 0.160. The normalized spacial score (nSPS) is 34.3. The maximum absolute atomic E-state index is 12.2. The molecule has 1 saturated carbocycles. The van der Waals surface area contributed by atoms with Crippen molar-refractivity contribution in [3.8, 4) is 0 Å². The van der Waals surface area contributed by atoms with E-state index in [2.05, 4.69) is 11.6 Å². The van der Waals surface area contributed by atoms with Crippen LogP contribution in [0.1, 0.15) is 45.4 Å². The zero-order chi connectivity index (χ0) is 13.9. The van der Waals surface area contributed by atoms with E-state index in [9.17, 15) is 8.42 Å². The molecule has 2 aliphatic rings. The molecule has 112 valence electrons. The lowest BCUT2D eigenvalue weighted by Gasteiger charge is -2.31. The molecule has 0 bridgehead atoms. The molecule has 1 aliphatic heterocycles. The van der Waals surface area contributed by atoms with Crippen molar-refractivity contribution in [1.82, 2.24) is 9.03 Å². The Labute approximate surface area is 122 Å². The van der Waals surface area contributed by atoms with Crippen LogP contribution in [0, 0.1) is 11.8 Å². The minimum atomic E-state index is -3.28. The third-order valence-electron chi connectivity index (χ3n) is 4.29. The van der Waals surface area contributed by atoms with Crippen LogP contribution < -0.4 is 4.72 Å². The van der Waals surface area contributed by atoms with E-state index in [-0.39, 0.29) is 5.38 Å². The van der Waals surface area contributed by atoms with Crippen LogP contribution in [-0.4, -0.2) is 37.7 Å². The van der Waals surface area contributed by atoms with Gasteiger partial charge >= 0.3 is 0 Å². The van der Waals surface area contributed by atoms with Gasteiger partial charge < -0.3 is 0 Å². The van der Waals surface area contributed by atoms with Gasteiger partial charge in [-0.05, 0) is 50.4 Å². The maximum atomic E-state index is 12.2. The summed E-state index contributed by atoms with van der Waals surface area (Å²) in [5.41, 5.74) is 0. The molecule has 0 spiro atoms. The van der Waals surface area contributed by atoms with Gasteiger partial charge in [0.1, 0.15) is 0 Å². The van der Waals surface area contributed by atoms with Crippen LogP contribution >= 0.6 is 11.6 Å². The molecule has 1 unspecified atom stereocenters. The van der Waals surface area contributed by atoms with Crippen molar-refractivity contribution >= 4 is 21.8 Å². The summed E-state index contributed by atoms with van der Waals surface area (Å²) < 4.78 is 28.8. The number of hydrogen-bond donors (Lipinski definition) is 1. The Bertz CT molecular complexity index is 380. The lowest BCUT2D eigenvalue weighted by Crippen LogP contribution is -2.46. The van der Waals surface area contributed by atoms with Crippen LogP contribution in [0.4, 0.5) is 0 Å². The van der Waals surface area contributed by atoms with Gasteiger partial charge in [0.25, 0.3) is 10.2 Å². The Morgan fingerprint density at radius 1 is 1.21 bits per heavy atom. The molecule has 1 saturated heterocycles. The molecular weight excluding hydrogens is 284 g/mol. The van der Waals surface area contributed by atoms with Gasteiger partial charge in [-0.3, -0.25) is 0 Å². The lowest BCUT2D eigenvalue weighted by molar-refractivity contribution is 0.275. The highest BCUT2D eigenvalue weighted by Crippen LogP contribution is 2.27. The first-order valence-electron chi connectivity index (χ1n) is 7.36. The second-order valence-electron chi connectivity index (χ2n) is 6.08. The molecule has 0 aromatic rings. The van der Waals surface area contributed by atoms with Crippen LogP contribution in [0.2, 0.25) is 0 Å². The molecule has 1 heterocycles. The van der Waals surface area contributed by atoms with E-state index in [1.165, 1.54) is 0 Å². The highest BCUT2D eigenvalue weighted by atomic mass is 35.5. The summed E-state index contributed by atoms with van der Waals surface area (Å²) >= 11 is 6.06. The summed E-state index contributed by atoms with van der Waals surface area (Å²) in [5.74, 6) is 0.920. The van der Waals surface area contributed by atoms with Gasteiger partial charge in [-0.25, -0.2) is 4.72 Å². The number of nitrogens with zero attached hydrogens (tertiary/aromatic N) is 1. The third kappa shape index (κ3) is 4.59. The first-order chi connectivity index (χ1) is 8.97. The average Bonchev–Trinajstić information content (AvgIpc) is 2.38. The number of rotatable bonds is 4. The molecule has 6 heteroatoms. The van der Waals surface area contributed by atoms with Crippen LogP contribution in [0.15, 0.2) is 0 Å². The molecule has 0 aromatic carbocycles. The Kier molecular flexibility index (Phi) is 5.52. The largest absolute Gasteiger partial charge is 0.279 e. The maximum Gasteiger partial charge on any atom is 0.279 e. The number of piperidine rings is 1. The third-order valence-corrected chi connectivity index (χ3v) is 6.27. The van der Waals surface area contributed by atoms with Gasteiger partial charge in [-0.15, -0.1) is 11.6 Å². The van der Waals surface area contributed by atoms with Gasteiger partial charge in [-0.1, -0.05) is 6.92 Å². The van der Waals surface area contributed by atoms with Crippen LogP contribution in [-0.2, 0) is 10.2 Å². The van der Waals surface area contributed by atoms with Crippen molar-refractivity contribution < 1.29 is 8.42 Å². The molecule has 1 atom stereocenters. The summed E-state index contributed by atoms with van der Waals surface area (Å²) in [7, 11) is -3.28. The van der Waals surface area contributed by atoms with Gasteiger partial charge in [0.05, 0.1) is 0 Å². The lowest BCUT2D eigenvalue weighted by atomic mass is 9.89. The number of alkyl halides is 1. The zero-order valence-electron chi connectivity index (χ0n) is 11.6. The van der Waals surface area contributed by atoms with Crippen molar-refractivity contribution in [3.63, 3.8) is 0 Å². The van der Waals surface area contributed by atoms with E-state index in [1.54, 1.807) is 4.31 Å². The molecule has 19 heavy (non-hydrogen) atoms. The molecule has 1 N–H and O–H groups in total. The van der Waals surface area contributed by atoms with E-state index in [4.69, 9.17) is 11.6 Å². The van der Waals surface area contributed by atoms with Crippen molar-refractivity contribution in [2.75, 3.05) is 19.6 Å². The van der Waals surface area contributed by atoms with Crippen molar-refractivity contribution in [3.05, 3.63) is 0 Å². The molecule has 0 radical (unpaired) electrons. The van der Waals surface area contributed by atoms with Gasteiger partial charge in [0.15, 0.2) is 0 Å². The Balaban J connectivity index is 1.80. The van der Waals surface area contributed by atoms with E-state index >= 15 is 0 Å². The Morgan fingerprint density at radius 3 is 2.53 bits per heavy atom. The summed E-state index contributed by atoms with van der Waals surface area (Å²) in [6.07, 6.45) is 6.19. The van der Waals surface area contributed by atoms with Gasteiger partial charge in [0.2, 0.25) is 0 Å². The van der Waals surface area contributed by atoms with E-state index in [1.807, 2.05) is 0 Å². The SMILES string of the molecule is CC1CCCN(S(=O)(=O)NCC2CCC(Cl)CC2)C1. The van der Waals surface area contributed by atoms with Crippen molar-refractivity contribution in [2.45, 2.75) is 50.8 Å². The van der Waals surface area contributed by atoms with Crippen molar-refractivity contribution in [2.24, 2.45) is 11.8 Å². The number of hydrogen-bond acceptors (Lipinski definition) is 2. The summed E-state index contributed by atoms with van der Waals surface area (Å²) in [4.78, 5) is 0. The number of halogens is 1. The zero-order valence-corrected chi connectivity index (χ0v) is 13.2. The van der Waals surface area contributed by atoms with Crippen LogP contribution in [0.25, 0.3) is 0 Å². The smallest absolute Gasteiger partial charge is 0.202 e. The average molecular weight is 309 g/mol. The standard InChI is InChI=1S/C13H25ClN2O2S/c1-11-3-2-8-16(10-11)19(17,18)15-9-12-4-6-13(14)7-5-12/h11-13,15H,2-10H2,1H3. The molecule has 2 rings (SSSR count). The predicted octanol–water partition coefficient (Wildman–Crippen LogP) is 2.35. The first kappa shape index (κ1) is 15.5. The fourth-order valence-corrected chi connectivity index (χ4v) is 4.71. The molecular formula is C13H25ClN2O2S. The summed E-state index contributed by atoms with van der Waals surface area (Å²) in [6.45, 7) is 4.00. The predicted molar refractivity (Wildman–Crippen MR) is 78.5 cm³/mol. The second-order valence-corrected chi connectivity index (χ2v) is 8.45. The monoisotopic (exact) mass is 308 g/mol. The summed E-state index contributed by atoms with van der Waals surface area (Å²) in [5, 5.41) is 0.288. The Morgan fingerprint density at radius 2 is 1.89 bits per heavy atom. The van der Waals surface area contributed by atoms with E-state index in [0.717, 1.165) is 38.5 Å². The minimum absolute atomic E-state index is 0.288. The first-order valence-corrected chi connectivity index (χ1v) is 9.24. The van der Waals surface area contributed by atoms with Crippen LogP contribution in [0.5, 0.6) is 0 Å². The molecule has 0 aromatic heterocycles. The molecule has 0 amide bonds. The van der Waals surface area contributed by atoms with E-state index < -0.39 is 10.2 Å².